The Kier molecular flexibility index (Phi) is 4.13. The fraction of sp³-hybridized carbons (Fsp3) is 0.143. The van der Waals surface area contributed by atoms with Gasteiger partial charge in [-0.1, -0.05) is 30.3 Å². The van der Waals surface area contributed by atoms with Crippen LogP contribution in [-0.2, 0) is 20.0 Å². The molecule has 5 rings (SSSR count). The number of benzene rings is 1. The minimum absolute atomic E-state index is 0.398. The Morgan fingerprint density at radius 2 is 1.90 bits per heavy atom. The molecule has 0 aliphatic heterocycles. The van der Waals surface area contributed by atoms with Crippen molar-refractivity contribution in [2.75, 3.05) is 0 Å². The zero-order valence-electron chi connectivity index (χ0n) is 15.7. The van der Waals surface area contributed by atoms with E-state index in [2.05, 4.69) is 38.9 Å². The first kappa shape index (κ1) is 17.6. The van der Waals surface area contributed by atoms with Crippen molar-refractivity contribution in [2.45, 2.75) is 13.0 Å². The van der Waals surface area contributed by atoms with Crippen molar-refractivity contribution in [3.05, 3.63) is 97.9 Å². The summed E-state index contributed by atoms with van der Waals surface area (Å²) in [7, 11) is 1.61. The summed E-state index contributed by atoms with van der Waals surface area (Å²) in [6.45, 7) is 0.594. The van der Waals surface area contributed by atoms with Crippen LogP contribution in [0.3, 0.4) is 0 Å². The van der Waals surface area contributed by atoms with Gasteiger partial charge in [0, 0.05) is 30.5 Å². The Balaban J connectivity index is 1.55. The Bertz CT molecular complexity index is 1460. The third-order valence-electron chi connectivity index (χ3n) is 4.99. The molecule has 1 aromatic carbocycles. The first-order valence-corrected chi connectivity index (χ1v) is 10.1. The third-order valence-corrected chi connectivity index (χ3v) is 5.86. The number of H-pyrrole nitrogens is 1. The van der Waals surface area contributed by atoms with Gasteiger partial charge in [-0.15, -0.1) is 11.3 Å². The number of pyridine rings is 1. The maximum Gasteiger partial charge on any atom is 0.329 e. The zero-order valence-corrected chi connectivity index (χ0v) is 16.5. The Hall–Kier alpha value is -3.52. The van der Waals surface area contributed by atoms with E-state index in [9.17, 15) is 9.59 Å². The molecular formula is C21H18N5O2S+. The molecule has 0 amide bonds. The first-order valence-electron chi connectivity index (χ1n) is 9.20. The zero-order chi connectivity index (χ0) is 20.0. The first-order chi connectivity index (χ1) is 14.1. The summed E-state index contributed by atoms with van der Waals surface area (Å²) in [5, 5.41) is 2.00. The topological polar surface area (TPSA) is 76.0 Å². The van der Waals surface area contributed by atoms with Crippen LogP contribution in [0.15, 0.2) is 69.8 Å². The van der Waals surface area contributed by atoms with E-state index in [4.69, 9.17) is 0 Å². The smallest absolute Gasteiger partial charge is 0.279 e. The third kappa shape index (κ3) is 3.07. The van der Waals surface area contributed by atoms with Crippen molar-refractivity contribution < 1.29 is 4.57 Å². The normalized spacial score (nSPS) is 11.5. The van der Waals surface area contributed by atoms with Gasteiger partial charge in [-0.05, 0) is 11.6 Å². The summed E-state index contributed by atoms with van der Waals surface area (Å²) in [6.07, 6.45) is 4.99. The number of nitrogens with zero attached hydrogens (tertiary/aromatic N) is 4. The minimum Gasteiger partial charge on any atom is -0.279 e. The van der Waals surface area contributed by atoms with Gasteiger partial charge in [-0.2, -0.15) is 4.57 Å². The second-order valence-electron chi connectivity index (χ2n) is 6.99. The number of aromatic nitrogens is 5. The van der Waals surface area contributed by atoms with E-state index in [-0.39, 0.29) is 0 Å². The van der Waals surface area contributed by atoms with Gasteiger partial charge >= 0.3 is 5.69 Å². The molecule has 4 aromatic heterocycles. The second kappa shape index (κ2) is 6.82. The van der Waals surface area contributed by atoms with Crippen LogP contribution in [0.5, 0.6) is 0 Å². The lowest BCUT2D eigenvalue weighted by Gasteiger charge is -2.02. The lowest BCUT2D eigenvalue weighted by Crippen LogP contribution is -2.35. The van der Waals surface area contributed by atoms with Crippen LogP contribution in [0.25, 0.3) is 16.1 Å². The predicted molar refractivity (Wildman–Crippen MR) is 111 cm³/mol. The summed E-state index contributed by atoms with van der Waals surface area (Å²) in [5.41, 5.74) is 3.33. The summed E-state index contributed by atoms with van der Waals surface area (Å²) < 4.78 is 5.31. The van der Waals surface area contributed by atoms with Gasteiger partial charge < -0.3 is 0 Å². The number of aromatic amines is 1. The molecule has 8 heteroatoms. The lowest BCUT2D eigenvalue weighted by atomic mass is 10.1. The number of imidazole rings is 1. The molecule has 5 aromatic rings. The molecular weight excluding hydrogens is 386 g/mol. The van der Waals surface area contributed by atoms with Gasteiger partial charge in [0.1, 0.15) is 5.69 Å². The number of hydrogen-bond acceptors (Lipinski definition) is 4. The molecule has 144 valence electrons. The van der Waals surface area contributed by atoms with Gasteiger partial charge in [-0.25, -0.2) is 9.78 Å². The average molecular weight is 404 g/mol. The highest BCUT2D eigenvalue weighted by molar-refractivity contribution is 7.15. The van der Waals surface area contributed by atoms with Gasteiger partial charge in [-0.3, -0.25) is 18.7 Å². The van der Waals surface area contributed by atoms with Crippen molar-refractivity contribution in [1.82, 2.24) is 18.9 Å². The van der Waals surface area contributed by atoms with Crippen LogP contribution in [-0.4, -0.2) is 18.9 Å². The molecule has 0 saturated carbocycles. The standard InChI is InChI=1S/C21H17N5O2S/c1-24-18-17(19(27)23-20(24)28)26-16(13-29-21(26)22-18)12-25-9-5-8-15(11-25)10-14-6-3-2-4-7-14/h2-9,11,13H,10,12H2,1H3/p+1. The molecule has 0 fully saturated rings. The number of rotatable bonds is 4. The van der Waals surface area contributed by atoms with E-state index in [1.54, 1.807) is 7.05 Å². The highest BCUT2D eigenvalue weighted by atomic mass is 32.1. The highest BCUT2D eigenvalue weighted by Crippen LogP contribution is 2.20. The molecule has 0 saturated heterocycles. The molecule has 0 aliphatic rings. The van der Waals surface area contributed by atoms with Gasteiger partial charge in [0.15, 0.2) is 35.1 Å². The van der Waals surface area contributed by atoms with E-state index in [1.165, 1.54) is 27.0 Å². The summed E-state index contributed by atoms with van der Waals surface area (Å²) >= 11 is 1.46. The van der Waals surface area contributed by atoms with Crippen molar-refractivity contribution in [1.29, 1.82) is 0 Å². The lowest BCUT2D eigenvalue weighted by molar-refractivity contribution is -0.689. The maximum absolute atomic E-state index is 12.5. The quantitative estimate of drug-likeness (QED) is 0.465. The summed E-state index contributed by atoms with van der Waals surface area (Å²) in [4.78, 5) is 31.9. The fourth-order valence-electron chi connectivity index (χ4n) is 3.59. The fourth-order valence-corrected chi connectivity index (χ4v) is 4.46. The molecule has 4 heterocycles. The summed E-state index contributed by atoms with van der Waals surface area (Å²) in [5.74, 6) is 0. The van der Waals surface area contributed by atoms with Crippen molar-refractivity contribution in [3.63, 3.8) is 0 Å². The van der Waals surface area contributed by atoms with E-state index in [1.807, 2.05) is 40.2 Å². The van der Waals surface area contributed by atoms with Crippen molar-refractivity contribution >= 4 is 27.5 Å². The largest absolute Gasteiger partial charge is 0.329 e. The Labute approximate surface area is 169 Å². The maximum atomic E-state index is 12.5. The molecule has 0 radical (unpaired) electrons. The van der Waals surface area contributed by atoms with Gasteiger partial charge in [0.05, 0.1) is 0 Å². The molecule has 7 nitrogen and oxygen atoms in total. The Morgan fingerprint density at radius 3 is 2.72 bits per heavy atom. The van der Waals surface area contributed by atoms with Crippen LogP contribution in [0.2, 0.25) is 0 Å². The number of fused-ring (bicyclic) bond motifs is 3. The second-order valence-corrected chi connectivity index (χ2v) is 7.83. The van der Waals surface area contributed by atoms with Gasteiger partial charge in [0.25, 0.3) is 5.56 Å². The minimum atomic E-state index is -0.460. The molecule has 0 aliphatic carbocycles. The molecule has 1 N–H and O–H groups in total. The molecule has 0 atom stereocenters. The van der Waals surface area contributed by atoms with Gasteiger partial charge in [0.2, 0.25) is 0 Å². The van der Waals surface area contributed by atoms with E-state index >= 15 is 0 Å². The molecule has 29 heavy (non-hydrogen) atoms. The number of aryl methyl sites for hydroxylation is 1. The average Bonchev–Trinajstić information content (AvgIpc) is 3.28. The predicted octanol–water partition coefficient (Wildman–Crippen LogP) is 1.86. The van der Waals surface area contributed by atoms with E-state index in [0.29, 0.717) is 22.7 Å². The summed E-state index contributed by atoms with van der Waals surface area (Å²) in [6, 6.07) is 14.5. The van der Waals surface area contributed by atoms with Crippen molar-refractivity contribution in [3.8, 4) is 0 Å². The molecule has 0 spiro atoms. The van der Waals surface area contributed by atoms with Crippen molar-refractivity contribution in [2.24, 2.45) is 7.05 Å². The van der Waals surface area contributed by atoms with E-state index < -0.39 is 11.2 Å². The van der Waals surface area contributed by atoms with Crippen LogP contribution >= 0.6 is 11.3 Å². The molecule has 0 bridgehead atoms. The number of hydrogen-bond donors (Lipinski definition) is 1. The van der Waals surface area contributed by atoms with Crippen LogP contribution in [0.1, 0.15) is 16.8 Å². The van der Waals surface area contributed by atoms with E-state index in [0.717, 1.165) is 12.1 Å². The number of thiazole rings is 1. The Morgan fingerprint density at radius 1 is 1.10 bits per heavy atom. The monoisotopic (exact) mass is 404 g/mol. The SMILES string of the molecule is Cn1c(=O)[nH]c(=O)c2c1nc1scc(C[n+]3cccc(Cc4ccccc4)c3)n12. The van der Waals surface area contributed by atoms with Crippen LogP contribution < -0.4 is 15.8 Å². The number of nitrogens with one attached hydrogen (secondary N) is 1. The van der Waals surface area contributed by atoms with Crippen LogP contribution in [0, 0.1) is 0 Å². The molecule has 0 unspecified atom stereocenters. The van der Waals surface area contributed by atoms with Crippen LogP contribution in [0.4, 0.5) is 0 Å². The highest BCUT2D eigenvalue weighted by Gasteiger charge is 2.18.